The molecule has 0 aliphatic heterocycles. The molecule has 0 fully saturated rings. The van der Waals surface area contributed by atoms with Gasteiger partial charge >= 0.3 is 5.97 Å². The Labute approximate surface area is 118 Å². The van der Waals surface area contributed by atoms with Crippen LogP contribution >= 0.6 is 0 Å². The molecular formula is C14H9N3O4. The van der Waals surface area contributed by atoms with Crippen molar-refractivity contribution in [3.8, 4) is 11.3 Å². The van der Waals surface area contributed by atoms with Crippen LogP contribution in [0.25, 0.3) is 22.2 Å². The molecule has 7 heteroatoms. The zero-order chi connectivity index (χ0) is 15.0. The first kappa shape index (κ1) is 12.8. The highest BCUT2D eigenvalue weighted by Gasteiger charge is 2.20. The minimum Gasteiger partial charge on any atom is -0.478 e. The Bertz CT molecular complexity index is 870. The largest absolute Gasteiger partial charge is 0.478 e. The molecule has 0 saturated heterocycles. The second-order valence-corrected chi connectivity index (χ2v) is 4.38. The highest BCUT2D eigenvalue weighted by Crippen LogP contribution is 2.33. The normalized spacial score (nSPS) is 10.7. The van der Waals surface area contributed by atoms with Crippen LogP contribution in [-0.4, -0.2) is 26.2 Å². The number of aromatic amines is 1. The van der Waals surface area contributed by atoms with E-state index in [0.717, 1.165) is 0 Å². The van der Waals surface area contributed by atoms with Gasteiger partial charge in [0.15, 0.2) is 0 Å². The third-order valence-corrected chi connectivity index (χ3v) is 3.19. The van der Waals surface area contributed by atoms with Crippen molar-refractivity contribution in [2.75, 3.05) is 0 Å². The highest BCUT2D eigenvalue weighted by molar-refractivity contribution is 6.06. The molecule has 0 atom stereocenters. The maximum Gasteiger partial charge on any atom is 0.337 e. The van der Waals surface area contributed by atoms with Crippen molar-refractivity contribution >= 4 is 22.6 Å². The molecule has 0 aliphatic carbocycles. The molecule has 1 heterocycles. The van der Waals surface area contributed by atoms with E-state index in [9.17, 15) is 14.9 Å². The van der Waals surface area contributed by atoms with Gasteiger partial charge in [-0.1, -0.05) is 24.3 Å². The number of fused-ring (bicyclic) bond motifs is 1. The molecule has 7 nitrogen and oxygen atoms in total. The van der Waals surface area contributed by atoms with Crippen LogP contribution in [0, 0.1) is 10.1 Å². The van der Waals surface area contributed by atoms with Gasteiger partial charge in [0.1, 0.15) is 5.52 Å². The number of nitrogens with zero attached hydrogens (tertiary/aromatic N) is 2. The topological polar surface area (TPSA) is 109 Å². The van der Waals surface area contributed by atoms with E-state index in [2.05, 4.69) is 10.2 Å². The number of nitro benzene ring substituents is 1. The van der Waals surface area contributed by atoms with E-state index in [1.807, 2.05) is 0 Å². The Balaban J connectivity index is 2.31. The maximum atomic E-state index is 11.2. The van der Waals surface area contributed by atoms with E-state index in [1.54, 1.807) is 30.3 Å². The molecule has 3 rings (SSSR count). The van der Waals surface area contributed by atoms with E-state index in [-0.39, 0.29) is 16.8 Å². The molecule has 104 valence electrons. The van der Waals surface area contributed by atoms with Gasteiger partial charge in [-0.2, -0.15) is 5.10 Å². The molecule has 21 heavy (non-hydrogen) atoms. The fraction of sp³-hybridized carbons (Fsp3) is 0. The van der Waals surface area contributed by atoms with E-state index >= 15 is 0 Å². The van der Waals surface area contributed by atoms with Crippen LogP contribution in [0.4, 0.5) is 5.69 Å². The van der Waals surface area contributed by atoms with Gasteiger partial charge in [-0.3, -0.25) is 15.2 Å². The lowest BCUT2D eigenvalue weighted by Crippen LogP contribution is -1.96. The number of aromatic nitrogens is 2. The monoisotopic (exact) mass is 283 g/mol. The van der Waals surface area contributed by atoms with Crippen molar-refractivity contribution in [3.05, 3.63) is 58.1 Å². The lowest BCUT2D eigenvalue weighted by Gasteiger charge is -2.01. The first-order chi connectivity index (χ1) is 10.1. The molecule has 3 aromatic rings. The summed E-state index contributed by atoms with van der Waals surface area (Å²) in [4.78, 5) is 21.8. The van der Waals surface area contributed by atoms with E-state index < -0.39 is 10.9 Å². The number of carboxylic acid groups (broad SMARTS) is 1. The van der Waals surface area contributed by atoms with Gasteiger partial charge in [0.2, 0.25) is 0 Å². The number of benzene rings is 2. The van der Waals surface area contributed by atoms with E-state index in [4.69, 9.17) is 5.11 Å². The summed E-state index contributed by atoms with van der Waals surface area (Å²) in [5.41, 5.74) is 1.06. The third kappa shape index (κ3) is 2.00. The molecule has 0 spiro atoms. The van der Waals surface area contributed by atoms with Crippen molar-refractivity contribution in [1.82, 2.24) is 10.2 Å². The summed E-state index contributed by atoms with van der Waals surface area (Å²) >= 11 is 0. The van der Waals surface area contributed by atoms with Crippen molar-refractivity contribution in [2.45, 2.75) is 0 Å². The Morgan fingerprint density at radius 3 is 2.67 bits per heavy atom. The summed E-state index contributed by atoms with van der Waals surface area (Å²) in [5, 5.41) is 27.5. The fourth-order valence-corrected chi connectivity index (χ4v) is 2.26. The number of aromatic carboxylic acids is 1. The summed E-state index contributed by atoms with van der Waals surface area (Å²) in [6.45, 7) is 0. The van der Waals surface area contributed by atoms with Crippen molar-refractivity contribution < 1.29 is 14.8 Å². The molecule has 1 aromatic heterocycles. The Kier molecular flexibility index (Phi) is 2.87. The lowest BCUT2D eigenvalue weighted by molar-refractivity contribution is -0.384. The summed E-state index contributed by atoms with van der Waals surface area (Å²) in [6, 6.07) is 10.9. The molecule has 2 N–H and O–H groups in total. The number of nitrogens with one attached hydrogen (secondary N) is 1. The van der Waals surface area contributed by atoms with Crippen LogP contribution in [-0.2, 0) is 0 Å². The quantitative estimate of drug-likeness (QED) is 0.567. The zero-order valence-corrected chi connectivity index (χ0v) is 10.6. The fourth-order valence-electron chi connectivity index (χ4n) is 2.26. The van der Waals surface area contributed by atoms with Gasteiger partial charge in [0, 0.05) is 11.5 Å². The third-order valence-electron chi connectivity index (χ3n) is 3.19. The van der Waals surface area contributed by atoms with Crippen molar-refractivity contribution in [1.29, 1.82) is 0 Å². The Morgan fingerprint density at radius 1 is 1.19 bits per heavy atom. The molecule has 0 unspecified atom stereocenters. The number of H-pyrrole nitrogens is 1. The summed E-state index contributed by atoms with van der Waals surface area (Å²) < 4.78 is 0. The molecule has 0 aliphatic rings. The highest BCUT2D eigenvalue weighted by atomic mass is 16.6. The Hall–Kier alpha value is -3.22. The van der Waals surface area contributed by atoms with Gasteiger partial charge in [0.05, 0.1) is 21.7 Å². The first-order valence-electron chi connectivity index (χ1n) is 6.04. The summed E-state index contributed by atoms with van der Waals surface area (Å²) in [6.07, 6.45) is 0. The average Bonchev–Trinajstić information content (AvgIpc) is 2.90. The van der Waals surface area contributed by atoms with Gasteiger partial charge < -0.3 is 5.11 Å². The molecule has 0 amide bonds. The van der Waals surface area contributed by atoms with Crippen LogP contribution < -0.4 is 0 Å². The zero-order valence-electron chi connectivity index (χ0n) is 10.6. The lowest BCUT2D eigenvalue weighted by atomic mass is 10.0. The molecule has 0 radical (unpaired) electrons. The van der Waals surface area contributed by atoms with Gasteiger partial charge in [-0.25, -0.2) is 4.79 Å². The van der Waals surface area contributed by atoms with E-state index in [1.165, 1.54) is 12.1 Å². The summed E-state index contributed by atoms with van der Waals surface area (Å²) in [7, 11) is 0. The van der Waals surface area contributed by atoms with Crippen molar-refractivity contribution in [2.24, 2.45) is 0 Å². The molecule has 0 bridgehead atoms. The van der Waals surface area contributed by atoms with Crippen LogP contribution in [0.5, 0.6) is 0 Å². The summed E-state index contributed by atoms with van der Waals surface area (Å²) in [5.74, 6) is -1.10. The minimum atomic E-state index is -1.10. The number of nitro groups is 1. The average molecular weight is 283 g/mol. The Morgan fingerprint density at radius 2 is 1.95 bits per heavy atom. The second kappa shape index (κ2) is 4.71. The molecule has 2 aromatic carbocycles. The van der Waals surface area contributed by atoms with Gasteiger partial charge in [-0.05, 0) is 12.1 Å². The predicted octanol–water partition coefficient (Wildman–Crippen LogP) is 2.84. The van der Waals surface area contributed by atoms with Gasteiger partial charge in [0.25, 0.3) is 5.69 Å². The van der Waals surface area contributed by atoms with Crippen LogP contribution in [0.3, 0.4) is 0 Å². The standard InChI is InChI=1S/C14H9N3O4/c18-14(19)10-6-3-5-9-12(15-16-13(9)10)8-4-1-2-7-11(8)17(20)21/h1-7H,(H,15,16)(H,18,19). The smallest absolute Gasteiger partial charge is 0.337 e. The number of rotatable bonds is 3. The van der Waals surface area contributed by atoms with Crippen LogP contribution in [0.2, 0.25) is 0 Å². The number of carbonyl (C=O) groups is 1. The van der Waals surface area contributed by atoms with Crippen LogP contribution in [0.1, 0.15) is 10.4 Å². The second-order valence-electron chi connectivity index (χ2n) is 4.38. The SMILES string of the molecule is O=C(O)c1cccc2c(-c3ccccc3[N+](=O)[O-])[nH]nc12. The molecule has 0 saturated carbocycles. The van der Waals surface area contributed by atoms with Crippen LogP contribution in [0.15, 0.2) is 42.5 Å². The van der Waals surface area contributed by atoms with Gasteiger partial charge in [-0.15, -0.1) is 0 Å². The predicted molar refractivity (Wildman–Crippen MR) is 75.1 cm³/mol. The number of hydrogen-bond donors (Lipinski definition) is 2. The number of carboxylic acids is 1. The van der Waals surface area contributed by atoms with Crippen molar-refractivity contribution in [3.63, 3.8) is 0 Å². The first-order valence-corrected chi connectivity index (χ1v) is 6.04. The minimum absolute atomic E-state index is 0.0496. The molecular weight excluding hydrogens is 274 g/mol. The number of hydrogen-bond acceptors (Lipinski definition) is 4. The van der Waals surface area contributed by atoms with E-state index in [0.29, 0.717) is 16.6 Å². The maximum absolute atomic E-state index is 11.2. The number of para-hydroxylation sites is 2.